The minimum atomic E-state index is -0.901. The summed E-state index contributed by atoms with van der Waals surface area (Å²) < 4.78 is 0. The smallest absolute Gasteiger partial charge is 0.255 e. The van der Waals surface area contributed by atoms with E-state index in [1.54, 1.807) is 18.7 Å². The van der Waals surface area contributed by atoms with E-state index in [0.717, 1.165) is 11.1 Å². The number of carbonyl (C=O) groups is 2. The topological polar surface area (TPSA) is 49.4 Å². The zero-order chi connectivity index (χ0) is 17.4. The van der Waals surface area contributed by atoms with Gasteiger partial charge in [0.05, 0.1) is 0 Å². The number of rotatable bonds is 3. The first-order valence-corrected chi connectivity index (χ1v) is 7.94. The highest BCUT2D eigenvalue weighted by atomic mass is 16.2. The zero-order valence-electron chi connectivity index (χ0n) is 14.9. The lowest BCUT2D eigenvalue weighted by atomic mass is 9.98. The molecule has 0 bridgehead atoms. The number of hydrogen-bond donors (Lipinski definition) is 1. The Labute approximate surface area is 138 Å². The third kappa shape index (κ3) is 3.46. The molecule has 0 saturated carbocycles. The number of benzene rings is 1. The predicted octanol–water partition coefficient (Wildman–Crippen LogP) is 3.00. The van der Waals surface area contributed by atoms with Gasteiger partial charge in [-0.2, -0.15) is 0 Å². The average Bonchev–Trinajstić information content (AvgIpc) is 2.73. The molecule has 0 fully saturated rings. The Bertz CT molecular complexity index is 652. The lowest BCUT2D eigenvalue weighted by Crippen LogP contribution is -2.59. The van der Waals surface area contributed by atoms with Crippen molar-refractivity contribution in [3.05, 3.63) is 41.5 Å². The minimum Gasteiger partial charge on any atom is -0.349 e. The molecule has 1 N–H and O–H groups in total. The quantitative estimate of drug-likeness (QED) is 0.932. The summed E-state index contributed by atoms with van der Waals surface area (Å²) in [6, 6.07) is 9.63. The van der Waals surface area contributed by atoms with Crippen LogP contribution < -0.4 is 5.32 Å². The van der Waals surface area contributed by atoms with Crippen molar-refractivity contribution >= 4 is 17.4 Å². The van der Waals surface area contributed by atoms with Gasteiger partial charge in [0, 0.05) is 17.7 Å². The summed E-state index contributed by atoms with van der Waals surface area (Å²) in [5, 5.41) is 2.97. The highest BCUT2D eigenvalue weighted by molar-refractivity contribution is 6.23. The molecule has 1 aliphatic heterocycles. The fourth-order valence-electron chi connectivity index (χ4n) is 2.75. The Kier molecular flexibility index (Phi) is 4.38. The van der Waals surface area contributed by atoms with Crippen LogP contribution in [0.4, 0.5) is 0 Å². The second-order valence-corrected chi connectivity index (χ2v) is 7.68. The molecule has 124 valence electrons. The summed E-state index contributed by atoms with van der Waals surface area (Å²) in [5.41, 5.74) is 1.38. The number of amides is 2. The molecule has 4 nitrogen and oxygen atoms in total. The van der Waals surface area contributed by atoms with E-state index in [1.807, 2.05) is 58.0 Å². The molecule has 1 aliphatic rings. The van der Waals surface area contributed by atoms with Crippen molar-refractivity contribution in [2.75, 3.05) is 6.54 Å². The lowest BCUT2D eigenvalue weighted by Gasteiger charge is -2.37. The summed E-state index contributed by atoms with van der Waals surface area (Å²) >= 11 is 0. The van der Waals surface area contributed by atoms with Gasteiger partial charge < -0.3 is 10.2 Å². The third-order valence-electron chi connectivity index (χ3n) is 4.06. The number of carbonyl (C=O) groups excluding carboxylic acids is 2. The maximum absolute atomic E-state index is 12.9. The van der Waals surface area contributed by atoms with Crippen LogP contribution in [0.1, 0.15) is 47.1 Å². The van der Waals surface area contributed by atoms with Crippen LogP contribution in [0.5, 0.6) is 0 Å². The van der Waals surface area contributed by atoms with Crippen LogP contribution in [0, 0.1) is 0 Å². The maximum atomic E-state index is 12.9. The van der Waals surface area contributed by atoms with E-state index in [4.69, 9.17) is 0 Å². The van der Waals surface area contributed by atoms with Gasteiger partial charge >= 0.3 is 0 Å². The van der Waals surface area contributed by atoms with Crippen molar-refractivity contribution in [3.8, 4) is 0 Å². The van der Waals surface area contributed by atoms with E-state index in [0.29, 0.717) is 12.1 Å². The molecule has 1 aromatic rings. The van der Waals surface area contributed by atoms with Gasteiger partial charge in [-0.1, -0.05) is 30.3 Å². The summed E-state index contributed by atoms with van der Waals surface area (Å²) in [7, 11) is 0. The van der Waals surface area contributed by atoms with Crippen molar-refractivity contribution in [2.45, 2.75) is 52.6 Å². The van der Waals surface area contributed by atoms with E-state index in [9.17, 15) is 9.59 Å². The van der Waals surface area contributed by atoms with E-state index in [2.05, 4.69) is 5.32 Å². The Morgan fingerprint density at radius 2 is 1.65 bits per heavy atom. The first-order valence-electron chi connectivity index (χ1n) is 7.94. The number of hydrogen-bond acceptors (Lipinski definition) is 2. The zero-order valence-corrected chi connectivity index (χ0v) is 14.9. The monoisotopic (exact) mass is 314 g/mol. The van der Waals surface area contributed by atoms with Gasteiger partial charge in [-0.3, -0.25) is 9.59 Å². The van der Waals surface area contributed by atoms with Crippen molar-refractivity contribution in [1.29, 1.82) is 0 Å². The molecule has 2 amide bonds. The largest absolute Gasteiger partial charge is 0.349 e. The molecule has 0 aliphatic carbocycles. The van der Waals surface area contributed by atoms with Gasteiger partial charge in [-0.25, -0.2) is 0 Å². The molecule has 0 atom stereocenters. The molecule has 2 rings (SSSR count). The van der Waals surface area contributed by atoms with Gasteiger partial charge in [0.2, 0.25) is 5.91 Å². The fraction of sp³-hybridized carbons (Fsp3) is 0.474. The summed E-state index contributed by atoms with van der Waals surface area (Å²) in [6.45, 7) is 11.8. The van der Waals surface area contributed by atoms with E-state index < -0.39 is 5.54 Å². The average molecular weight is 314 g/mol. The van der Waals surface area contributed by atoms with Gasteiger partial charge in [0.25, 0.3) is 5.91 Å². The van der Waals surface area contributed by atoms with E-state index >= 15 is 0 Å². The summed E-state index contributed by atoms with van der Waals surface area (Å²) in [6.07, 6.45) is 0. The highest BCUT2D eigenvalue weighted by Gasteiger charge is 2.43. The molecule has 0 aromatic heterocycles. The molecule has 0 unspecified atom stereocenters. The molecular formula is C19H26N2O2. The van der Waals surface area contributed by atoms with Crippen LogP contribution in [0.3, 0.4) is 0 Å². The Morgan fingerprint density at radius 1 is 1.09 bits per heavy atom. The van der Waals surface area contributed by atoms with Crippen molar-refractivity contribution < 1.29 is 9.59 Å². The van der Waals surface area contributed by atoms with Crippen LogP contribution in [-0.2, 0) is 9.59 Å². The maximum Gasteiger partial charge on any atom is 0.255 e. The standard InChI is InChI=1S/C19H26N2O2/c1-13-12-21(19(5,6)17(23)20-18(2,3)4)16(22)15(13)14-10-8-7-9-11-14/h7-11H,12H2,1-6H3,(H,20,23). The normalized spacial score (nSPS) is 16.1. The minimum absolute atomic E-state index is 0.0808. The second kappa shape index (κ2) is 5.84. The first kappa shape index (κ1) is 17.3. The molecule has 23 heavy (non-hydrogen) atoms. The molecular weight excluding hydrogens is 288 g/mol. The third-order valence-corrected chi connectivity index (χ3v) is 4.06. The van der Waals surface area contributed by atoms with Crippen LogP contribution >= 0.6 is 0 Å². The number of nitrogens with zero attached hydrogens (tertiary/aromatic N) is 1. The number of nitrogens with one attached hydrogen (secondary N) is 1. The van der Waals surface area contributed by atoms with Crippen LogP contribution in [0.15, 0.2) is 35.9 Å². The van der Waals surface area contributed by atoms with Crippen LogP contribution in [0.2, 0.25) is 0 Å². The van der Waals surface area contributed by atoms with Gasteiger partial charge in [-0.05, 0) is 52.7 Å². The van der Waals surface area contributed by atoms with Gasteiger partial charge in [0.15, 0.2) is 0 Å². The van der Waals surface area contributed by atoms with Crippen molar-refractivity contribution in [1.82, 2.24) is 10.2 Å². The second-order valence-electron chi connectivity index (χ2n) is 7.68. The van der Waals surface area contributed by atoms with E-state index in [1.165, 1.54) is 0 Å². The fourth-order valence-corrected chi connectivity index (χ4v) is 2.75. The molecule has 1 aromatic carbocycles. The Morgan fingerprint density at radius 3 is 2.17 bits per heavy atom. The highest BCUT2D eigenvalue weighted by Crippen LogP contribution is 2.32. The van der Waals surface area contributed by atoms with Crippen LogP contribution in [-0.4, -0.2) is 34.3 Å². The van der Waals surface area contributed by atoms with E-state index in [-0.39, 0.29) is 17.4 Å². The first-order chi connectivity index (χ1) is 10.5. The summed E-state index contributed by atoms with van der Waals surface area (Å²) in [4.78, 5) is 27.2. The van der Waals surface area contributed by atoms with Crippen molar-refractivity contribution in [2.24, 2.45) is 0 Å². The molecule has 1 heterocycles. The van der Waals surface area contributed by atoms with Gasteiger partial charge in [0.1, 0.15) is 5.54 Å². The van der Waals surface area contributed by atoms with Gasteiger partial charge in [-0.15, -0.1) is 0 Å². The predicted molar refractivity (Wildman–Crippen MR) is 92.7 cm³/mol. The Hall–Kier alpha value is -2.10. The molecule has 0 radical (unpaired) electrons. The lowest BCUT2D eigenvalue weighted by molar-refractivity contribution is -0.141. The molecule has 0 saturated heterocycles. The molecule has 0 spiro atoms. The summed E-state index contributed by atoms with van der Waals surface area (Å²) in [5.74, 6) is -0.219. The SMILES string of the molecule is CC1=C(c2ccccc2)C(=O)N(C(C)(C)C(=O)NC(C)(C)C)C1. The van der Waals surface area contributed by atoms with Crippen molar-refractivity contribution in [3.63, 3.8) is 0 Å². The Balaban J connectivity index is 2.27. The van der Waals surface area contributed by atoms with Crippen LogP contribution in [0.25, 0.3) is 5.57 Å². The molecule has 4 heteroatoms.